The van der Waals surface area contributed by atoms with Gasteiger partial charge in [-0.15, -0.1) is 0 Å². The average Bonchev–Trinajstić information content (AvgIpc) is 3.33. The zero-order valence-corrected chi connectivity index (χ0v) is 14.9. The topological polar surface area (TPSA) is 43.1 Å². The molecule has 25 heavy (non-hydrogen) atoms. The molecule has 3 heterocycles. The van der Waals surface area contributed by atoms with E-state index in [0.717, 1.165) is 54.5 Å². The number of carbonyl (C=O) groups excluding carboxylic acids is 1. The molecule has 1 amide bonds. The number of likely N-dealkylation sites (tertiary alicyclic amines) is 1. The molecule has 0 unspecified atom stereocenters. The first-order chi connectivity index (χ1) is 12.2. The molecule has 2 aromatic heterocycles. The number of aryl methyl sites for hydroxylation is 2. The van der Waals surface area contributed by atoms with Crippen LogP contribution in [0.5, 0.6) is 0 Å². The first-order valence-corrected chi connectivity index (χ1v) is 9.05. The highest BCUT2D eigenvalue weighted by atomic mass is 16.2. The third-order valence-corrected chi connectivity index (χ3v) is 5.16. The average molecular weight is 336 g/mol. The minimum absolute atomic E-state index is 0.148. The van der Waals surface area contributed by atoms with E-state index in [9.17, 15) is 4.79 Å². The van der Waals surface area contributed by atoms with Crippen molar-refractivity contribution in [3.05, 3.63) is 54.0 Å². The van der Waals surface area contributed by atoms with Crippen molar-refractivity contribution in [2.45, 2.75) is 45.8 Å². The molecule has 0 aliphatic carbocycles. The van der Waals surface area contributed by atoms with Crippen LogP contribution in [0, 0.1) is 6.92 Å². The second-order valence-corrected chi connectivity index (χ2v) is 6.88. The standard InChI is InChI=1S/C20H24N4O/c1-3-22-14-18(17-8-4-5-9-19(17)22)20(25)24-10-6-7-16(24)13-23-12-15(2)11-21-23/h4-5,8-9,11-12,14,16H,3,6-7,10,13H2,1-2H3/t16-/m1/s1. The number of amides is 1. The Balaban J connectivity index is 1.63. The van der Waals surface area contributed by atoms with E-state index in [2.05, 4.69) is 28.7 Å². The Hall–Kier alpha value is -2.56. The van der Waals surface area contributed by atoms with Gasteiger partial charge in [-0.05, 0) is 38.3 Å². The molecule has 1 saturated heterocycles. The number of benzene rings is 1. The van der Waals surface area contributed by atoms with Crippen LogP contribution in [0.15, 0.2) is 42.9 Å². The summed E-state index contributed by atoms with van der Waals surface area (Å²) in [7, 11) is 0. The summed E-state index contributed by atoms with van der Waals surface area (Å²) >= 11 is 0. The maximum absolute atomic E-state index is 13.3. The predicted octanol–water partition coefficient (Wildman–Crippen LogP) is 3.47. The third-order valence-electron chi connectivity index (χ3n) is 5.16. The van der Waals surface area contributed by atoms with Crippen LogP contribution in [0.1, 0.15) is 35.7 Å². The van der Waals surface area contributed by atoms with Crippen molar-refractivity contribution in [1.82, 2.24) is 19.2 Å². The summed E-state index contributed by atoms with van der Waals surface area (Å²) in [5, 5.41) is 5.44. The van der Waals surface area contributed by atoms with Gasteiger partial charge < -0.3 is 9.47 Å². The molecule has 1 atom stereocenters. The van der Waals surface area contributed by atoms with Crippen molar-refractivity contribution in [3.63, 3.8) is 0 Å². The van der Waals surface area contributed by atoms with Crippen LogP contribution >= 0.6 is 0 Å². The van der Waals surface area contributed by atoms with Gasteiger partial charge in [0.05, 0.1) is 24.3 Å². The van der Waals surface area contributed by atoms with Crippen LogP contribution in [-0.4, -0.2) is 37.7 Å². The number of para-hydroxylation sites is 1. The fraction of sp³-hybridized carbons (Fsp3) is 0.400. The molecule has 1 fully saturated rings. The van der Waals surface area contributed by atoms with Crippen molar-refractivity contribution in [1.29, 1.82) is 0 Å². The van der Waals surface area contributed by atoms with Gasteiger partial charge in [-0.3, -0.25) is 9.48 Å². The van der Waals surface area contributed by atoms with Gasteiger partial charge in [0.15, 0.2) is 0 Å². The van der Waals surface area contributed by atoms with Crippen LogP contribution in [0.4, 0.5) is 0 Å². The molecule has 4 rings (SSSR count). The third kappa shape index (κ3) is 2.84. The molecule has 1 aromatic carbocycles. The van der Waals surface area contributed by atoms with E-state index in [1.54, 1.807) is 0 Å². The zero-order chi connectivity index (χ0) is 17.4. The lowest BCUT2D eigenvalue weighted by molar-refractivity contribution is 0.0723. The number of carbonyl (C=O) groups is 1. The van der Waals surface area contributed by atoms with Gasteiger partial charge in [0.1, 0.15) is 0 Å². The second-order valence-electron chi connectivity index (χ2n) is 6.88. The Kier molecular flexibility index (Phi) is 4.07. The maximum atomic E-state index is 13.3. The summed E-state index contributed by atoms with van der Waals surface area (Å²) in [6.07, 6.45) is 8.03. The summed E-state index contributed by atoms with van der Waals surface area (Å²) in [6.45, 7) is 6.62. The Morgan fingerprint density at radius 1 is 1.28 bits per heavy atom. The number of nitrogens with zero attached hydrogens (tertiary/aromatic N) is 4. The first-order valence-electron chi connectivity index (χ1n) is 9.05. The number of aromatic nitrogens is 3. The molecule has 1 aliphatic heterocycles. The van der Waals surface area contributed by atoms with Crippen molar-refractivity contribution >= 4 is 16.8 Å². The van der Waals surface area contributed by atoms with Gasteiger partial charge in [-0.2, -0.15) is 5.10 Å². The molecule has 0 N–H and O–H groups in total. The van der Waals surface area contributed by atoms with Crippen molar-refractivity contribution in [3.8, 4) is 0 Å². The van der Waals surface area contributed by atoms with Crippen LogP contribution in [0.2, 0.25) is 0 Å². The van der Waals surface area contributed by atoms with Crippen LogP contribution in [0.3, 0.4) is 0 Å². The Morgan fingerprint density at radius 3 is 2.88 bits per heavy atom. The maximum Gasteiger partial charge on any atom is 0.256 e. The van der Waals surface area contributed by atoms with Gasteiger partial charge in [0.2, 0.25) is 0 Å². The number of rotatable bonds is 4. The quantitative estimate of drug-likeness (QED) is 0.732. The molecular weight excluding hydrogens is 312 g/mol. The van der Waals surface area contributed by atoms with Gasteiger partial charge >= 0.3 is 0 Å². The van der Waals surface area contributed by atoms with E-state index in [-0.39, 0.29) is 11.9 Å². The summed E-state index contributed by atoms with van der Waals surface area (Å²) in [5.74, 6) is 0.148. The van der Waals surface area contributed by atoms with E-state index in [0.29, 0.717) is 0 Å². The summed E-state index contributed by atoms with van der Waals surface area (Å²) in [5.41, 5.74) is 3.11. The Bertz CT molecular complexity index is 907. The number of hydrogen-bond donors (Lipinski definition) is 0. The van der Waals surface area contributed by atoms with Gasteiger partial charge in [0, 0.05) is 36.4 Å². The normalized spacial score (nSPS) is 17.5. The summed E-state index contributed by atoms with van der Waals surface area (Å²) in [4.78, 5) is 15.3. The largest absolute Gasteiger partial charge is 0.347 e. The van der Waals surface area contributed by atoms with Crippen LogP contribution < -0.4 is 0 Å². The van der Waals surface area contributed by atoms with Crippen molar-refractivity contribution in [2.24, 2.45) is 0 Å². The van der Waals surface area contributed by atoms with Gasteiger partial charge in [0.25, 0.3) is 5.91 Å². The highest BCUT2D eigenvalue weighted by molar-refractivity contribution is 6.07. The SMILES string of the molecule is CCn1cc(C(=O)N2CCC[C@@H]2Cn2cc(C)cn2)c2ccccc21. The van der Waals surface area contributed by atoms with Gasteiger partial charge in [-0.1, -0.05) is 18.2 Å². The molecule has 5 nitrogen and oxygen atoms in total. The Labute approximate surface area is 147 Å². The lowest BCUT2D eigenvalue weighted by Crippen LogP contribution is -2.38. The van der Waals surface area contributed by atoms with E-state index in [4.69, 9.17) is 0 Å². The molecule has 0 saturated carbocycles. The van der Waals surface area contributed by atoms with Crippen molar-refractivity contribution < 1.29 is 4.79 Å². The lowest BCUT2D eigenvalue weighted by Gasteiger charge is -2.24. The van der Waals surface area contributed by atoms with Crippen LogP contribution in [-0.2, 0) is 13.1 Å². The second kappa shape index (κ2) is 6.39. The predicted molar refractivity (Wildman–Crippen MR) is 98.6 cm³/mol. The van der Waals surface area contributed by atoms with Crippen molar-refractivity contribution in [2.75, 3.05) is 6.54 Å². The molecular formula is C20H24N4O. The molecule has 0 radical (unpaired) electrons. The molecule has 0 bridgehead atoms. The van der Waals surface area contributed by atoms with E-state index in [1.807, 2.05) is 47.2 Å². The number of hydrogen-bond acceptors (Lipinski definition) is 2. The first kappa shape index (κ1) is 15.9. The molecule has 130 valence electrons. The fourth-order valence-electron chi connectivity index (χ4n) is 3.91. The smallest absolute Gasteiger partial charge is 0.256 e. The molecule has 1 aliphatic rings. The van der Waals surface area contributed by atoms with E-state index >= 15 is 0 Å². The summed E-state index contributed by atoms with van der Waals surface area (Å²) < 4.78 is 4.12. The zero-order valence-electron chi connectivity index (χ0n) is 14.9. The molecule has 0 spiro atoms. The monoisotopic (exact) mass is 336 g/mol. The minimum atomic E-state index is 0.148. The highest BCUT2D eigenvalue weighted by Gasteiger charge is 2.31. The van der Waals surface area contributed by atoms with Crippen LogP contribution in [0.25, 0.3) is 10.9 Å². The lowest BCUT2D eigenvalue weighted by atomic mass is 10.1. The van der Waals surface area contributed by atoms with Gasteiger partial charge in [-0.25, -0.2) is 0 Å². The fourth-order valence-corrected chi connectivity index (χ4v) is 3.91. The molecule has 3 aromatic rings. The minimum Gasteiger partial charge on any atom is -0.347 e. The highest BCUT2D eigenvalue weighted by Crippen LogP contribution is 2.27. The molecule has 5 heteroatoms. The Morgan fingerprint density at radius 2 is 2.12 bits per heavy atom. The number of fused-ring (bicyclic) bond motifs is 1. The van der Waals surface area contributed by atoms with E-state index < -0.39 is 0 Å². The summed E-state index contributed by atoms with van der Waals surface area (Å²) in [6, 6.07) is 8.39. The van der Waals surface area contributed by atoms with E-state index in [1.165, 1.54) is 0 Å².